The van der Waals surface area contributed by atoms with E-state index in [-0.39, 0.29) is 41.6 Å². The zero-order valence-corrected chi connectivity index (χ0v) is 35.5. The van der Waals surface area contributed by atoms with Gasteiger partial charge < -0.3 is 40.6 Å². The standard InChI is InChI=1S/C41H49F3N8O8S/c1-23(2)34(51-39(56)59-6)37(54)52-22-28(61(7,57)58)19-31(52)35-48-21-30(50-35)25-10-8-24(9-11-25)29-14-12-26(18-32(29)60-41(42,43)44)36(53)49-27-13-15-33(47-20-27)45-16-17-46-38(55)40(3,4)5/h8-15,18,20-21,23,28,31,34H,16-17,19,22H2,1-7H3,(H,45,47)(H,46,55)(H,48,50)(H,49,53)(H,51,56)/t28-,31-,34-/m0/s1. The molecule has 1 aliphatic rings. The number of nitrogens with one attached hydrogen (secondary N) is 5. The fourth-order valence-electron chi connectivity index (χ4n) is 6.49. The maximum Gasteiger partial charge on any atom is 0.573 e. The summed E-state index contributed by atoms with van der Waals surface area (Å²) in [6, 6.07) is 11.5. The Morgan fingerprint density at radius 2 is 1.64 bits per heavy atom. The number of imidazole rings is 1. The van der Waals surface area contributed by atoms with Gasteiger partial charge in [0.15, 0.2) is 9.84 Å². The van der Waals surface area contributed by atoms with Crippen LogP contribution in [0.5, 0.6) is 5.75 Å². The first-order chi connectivity index (χ1) is 28.5. The second kappa shape index (κ2) is 18.6. The number of aromatic nitrogens is 3. The molecule has 2 aromatic carbocycles. The summed E-state index contributed by atoms with van der Waals surface area (Å²) in [7, 11) is -2.40. The summed E-state index contributed by atoms with van der Waals surface area (Å²) in [4.78, 5) is 64.2. The Morgan fingerprint density at radius 3 is 2.23 bits per heavy atom. The molecule has 5 N–H and O–H groups in total. The summed E-state index contributed by atoms with van der Waals surface area (Å²) < 4.78 is 75.2. The number of likely N-dealkylation sites (tertiary alicyclic amines) is 1. The quantitative estimate of drug-likeness (QED) is 0.0937. The lowest BCUT2D eigenvalue weighted by atomic mass is 9.96. The second-order valence-electron chi connectivity index (χ2n) is 15.9. The number of alkyl halides is 3. The lowest BCUT2D eigenvalue weighted by molar-refractivity contribution is -0.274. The van der Waals surface area contributed by atoms with E-state index >= 15 is 0 Å². The molecule has 20 heteroatoms. The van der Waals surface area contributed by atoms with Crippen molar-refractivity contribution in [3.63, 3.8) is 0 Å². The average Bonchev–Trinajstić information content (AvgIpc) is 3.87. The van der Waals surface area contributed by atoms with Crippen molar-refractivity contribution in [1.82, 2.24) is 30.5 Å². The number of methoxy groups -OCH3 is 1. The van der Waals surface area contributed by atoms with Gasteiger partial charge in [0.2, 0.25) is 11.8 Å². The number of hydrogen-bond acceptors (Lipinski definition) is 11. The molecule has 0 spiro atoms. The van der Waals surface area contributed by atoms with Gasteiger partial charge in [-0.2, -0.15) is 0 Å². The highest BCUT2D eigenvalue weighted by atomic mass is 32.2. The molecule has 3 atom stereocenters. The van der Waals surface area contributed by atoms with Gasteiger partial charge in [0, 0.05) is 42.4 Å². The minimum atomic E-state index is -5.07. The van der Waals surface area contributed by atoms with Gasteiger partial charge in [0.1, 0.15) is 23.4 Å². The van der Waals surface area contributed by atoms with E-state index < -0.39 is 62.6 Å². The number of aromatic amines is 1. The Labute approximate surface area is 351 Å². The second-order valence-corrected chi connectivity index (χ2v) is 18.2. The Hall–Kier alpha value is -6.18. The van der Waals surface area contributed by atoms with Crippen molar-refractivity contribution in [2.24, 2.45) is 11.3 Å². The summed E-state index contributed by atoms with van der Waals surface area (Å²) in [6.45, 7) is 9.53. The Kier molecular flexibility index (Phi) is 14.0. The van der Waals surface area contributed by atoms with Crippen molar-refractivity contribution < 1.29 is 50.2 Å². The zero-order chi connectivity index (χ0) is 44.9. The predicted molar refractivity (Wildman–Crippen MR) is 221 cm³/mol. The first-order valence-corrected chi connectivity index (χ1v) is 21.2. The molecule has 1 saturated heterocycles. The molecule has 0 unspecified atom stereocenters. The van der Waals surface area contributed by atoms with E-state index in [2.05, 4.69) is 45.7 Å². The molecule has 0 radical (unpaired) electrons. The van der Waals surface area contributed by atoms with Crippen molar-refractivity contribution in [3.05, 3.63) is 78.4 Å². The number of H-pyrrole nitrogens is 1. The Bertz CT molecular complexity index is 2330. The van der Waals surface area contributed by atoms with Gasteiger partial charge in [-0.25, -0.2) is 23.2 Å². The van der Waals surface area contributed by atoms with Crippen molar-refractivity contribution in [3.8, 4) is 28.1 Å². The number of ether oxygens (including phenoxy) is 2. The van der Waals surface area contributed by atoms with E-state index in [1.807, 2.05) is 0 Å². The minimum Gasteiger partial charge on any atom is -0.453 e. The largest absolute Gasteiger partial charge is 0.573 e. The number of sulfone groups is 1. The number of benzene rings is 2. The third-order valence-corrected chi connectivity index (χ3v) is 11.4. The molecule has 4 aromatic rings. The van der Waals surface area contributed by atoms with Gasteiger partial charge in [0.05, 0.1) is 42.2 Å². The zero-order valence-electron chi connectivity index (χ0n) is 34.6. The van der Waals surface area contributed by atoms with E-state index in [4.69, 9.17) is 0 Å². The number of nitrogens with zero attached hydrogens (tertiary/aromatic N) is 3. The molecule has 1 aliphatic heterocycles. The van der Waals surface area contributed by atoms with Crippen LogP contribution in [-0.2, 0) is 24.2 Å². The summed E-state index contributed by atoms with van der Waals surface area (Å²) in [5.41, 5.74) is 1.09. The SMILES string of the molecule is COC(=O)N[C@H](C(=O)N1C[C@@H](S(C)(=O)=O)C[C@H]1c1ncc(-c2ccc(-c3ccc(C(=O)Nc4ccc(NCCNC(=O)C(C)(C)C)nc4)cc3OC(F)(F)F)cc2)[nH]1)C(C)C. The van der Waals surface area contributed by atoms with Crippen LogP contribution in [0.4, 0.5) is 29.5 Å². The number of halogens is 3. The first-order valence-electron chi connectivity index (χ1n) is 19.2. The fraction of sp³-hybridized carbons (Fsp3) is 0.415. The van der Waals surface area contributed by atoms with Crippen LogP contribution in [0.15, 0.2) is 67.0 Å². The predicted octanol–water partition coefficient (Wildman–Crippen LogP) is 5.93. The van der Waals surface area contributed by atoms with Gasteiger partial charge in [-0.05, 0) is 53.8 Å². The summed E-state index contributed by atoms with van der Waals surface area (Å²) in [6.07, 6.45) is -1.87. The molecular formula is C41H49F3N8O8S. The topological polar surface area (TPSA) is 214 Å². The van der Waals surface area contributed by atoms with Crippen molar-refractivity contribution in [2.75, 3.05) is 43.6 Å². The van der Waals surface area contributed by atoms with Crippen molar-refractivity contribution in [1.29, 1.82) is 0 Å². The number of rotatable bonds is 14. The lowest BCUT2D eigenvalue weighted by Gasteiger charge is -2.30. The smallest absolute Gasteiger partial charge is 0.453 e. The fourth-order valence-corrected chi connectivity index (χ4v) is 7.45. The molecule has 61 heavy (non-hydrogen) atoms. The van der Waals surface area contributed by atoms with Crippen LogP contribution in [0.1, 0.15) is 63.3 Å². The highest BCUT2D eigenvalue weighted by molar-refractivity contribution is 7.91. The van der Waals surface area contributed by atoms with Crippen LogP contribution >= 0.6 is 0 Å². The molecule has 0 bridgehead atoms. The molecule has 0 aliphatic carbocycles. The molecular weight excluding hydrogens is 822 g/mol. The number of hydrogen-bond donors (Lipinski definition) is 5. The van der Waals surface area contributed by atoms with Crippen LogP contribution in [-0.4, -0.2) is 103 Å². The van der Waals surface area contributed by atoms with Crippen LogP contribution in [0.3, 0.4) is 0 Å². The van der Waals surface area contributed by atoms with Crippen LogP contribution < -0.4 is 26.0 Å². The van der Waals surface area contributed by atoms with Crippen LogP contribution in [0, 0.1) is 11.3 Å². The third-order valence-electron chi connectivity index (χ3n) is 9.85. The van der Waals surface area contributed by atoms with E-state index in [1.54, 1.807) is 71.0 Å². The molecule has 2 aromatic heterocycles. The van der Waals surface area contributed by atoms with Crippen molar-refractivity contribution >= 4 is 45.2 Å². The Balaban J connectivity index is 1.31. The van der Waals surface area contributed by atoms with Gasteiger partial charge in [0.25, 0.3) is 5.91 Å². The number of carbonyl (C=O) groups excluding carboxylic acids is 4. The average molecular weight is 871 g/mol. The molecule has 5 rings (SSSR count). The third kappa shape index (κ3) is 12.0. The monoisotopic (exact) mass is 870 g/mol. The highest BCUT2D eigenvalue weighted by Crippen LogP contribution is 2.38. The minimum absolute atomic E-state index is 0.0497. The summed E-state index contributed by atoms with van der Waals surface area (Å²) in [5, 5.41) is 10.1. The van der Waals surface area contributed by atoms with Crippen molar-refractivity contribution in [2.45, 2.75) is 64.7 Å². The van der Waals surface area contributed by atoms with E-state index in [0.29, 0.717) is 41.6 Å². The highest BCUT2D eigenvalue weighted by Gasteiger charge is 2.44. The molecule has 3 heterocycles. The number of amides is 4. The molecule has 1 fully saturated rings. The number of carbonyl (C=O) groups is 4. The molecule has 4 amide bonds. The molecule has 0 saturated carbocycles. The van der Waals surface area contributed by atoms with Gasteiger partial charge >= 0.3 is 12.5 Å². The normalized spacial score (nSPS) is 16.1. The van der Waals surface area contributed by atoms with E-state index in [1.165, 1.54) is 36.5 Å². The van der Waals surface area contributed by atoms with Gasteiger partial charge in [-0.15, -0.1) is 13.2 Å². The Morgan fingerprint density at radius 1 is 0.951 bits per heavy atom. The van der Waals surface area contributed by atoms with E-state index in [9.17, 15) is 40.8 Å². The first kappa shape index (κ1) is 45.9. The van der Waals surface area contributed by atoms with Crippen LogP contribution in [0.25, 0.3) is 22.4 Å². The lowest BCUT2D eigenvalue weighted by Crippen LogP contribution is -2.51. The van der Waals surface area contributed by atoms with E-state index in [0.717, 1.165) is 12.3 Å². The number of anilines is 2. The summed E-state index contributed by atoms with van der Waals surface area (Å²) >= 11 is 0. The van der Waals surface area contributed by atoms with Crippen LogP contribution in [0.2, 0.25) is 0 Å². The van der Waals surface area contributed by atoms with Gasteiger partial charge in [-0.1, -0.05) is 58.9 Å². The number of pyridine rings is 1. The summed E-state index contributed by atoms with van der Waals surface area (Å²) in [5.74, 6) is -1.49. The molecule has 328 valence electrons. The molecule has 16 nitrogen and oxygen atoms in total. The maximum absolute atomic E-state index is 13.8. The maximum atomic E-state index is 13.8. The number of alkyl carbamates (subject to hydrolysis) is 1. The van der Waals surface area contributed by atoms with Gasteiger partial charge in [-0.3, -0.25) is 14.4 Å².